The molecule has 1 heterocycles. The smallest absolute Gasteiger partial charge is 0.191 e. The summed E-state index contributed by atoms with van der Waals surface area (Å²) in [5, 5.41) is 7.00. The molecule has 1 aliphatic rings. The van der Waals surface area contributed by atoms with Crippen LogP contribution < -0.4 is 10.6 Å². The number of hydrogen-bond acceptors (Lipinski definition) is 2. The SMILES string of the molecule is CN=C(NCCc1ccccn1)NCC1(c2cccc(C)c2)CCCC1.I. The topological polar surface area (TPSA) is 49.3 Å². The van der Waals surface area contributed by atoms with Crippen molar-refractivity contribution in [2.24, 2.45) is 4.99 Å². The Morgan fingerprint density at radius 2 is 1.93 bits per heavy atom. The third-order valence-electron chi connectivity index (χ3n) is 5.41. The number of pyridine rings is 1. The standard InChI is InChI=1S/C22H30N4.HI/c1-18-8-7-9-19(16-18)22(12-4-5-13-22)17-26-21(23-2)25-15-11-20-10-3-6-14-24-20;/h3,6-10,14,16H,4-5,11-13,15,17H2,1-2H3,(H2,23,25,26);1H. The van der Waals surface area contributed by atoms with Gasteiger partial charge in [-0.25, -0.2) is 0 Å². The number of aryl methyl sites for hydroxylation is 1. The van der Waals surface area contributed by atoms with E-state index in [9.17, 15) is 0 Å². The van der Waals surface area contributed by atoms with Gasteiger partial charge in [-0.05, 0) is 37.5 Å². The largest absolute Gasteiger partial charge is 0.356 e. The van der Waals surface area contributed by atoms with Gasteiger partial charge in [0.1, 0.15) is 0 Å². The van der Waals surface area contributed by atoms with Crippen molar-refractivity contribution < 1.29 is 0 Å². The summed E-state index contributed by atoms with van der Waals surface area (Å²) in [6.45, 7) is 3.94. The van der Waals surface area contributed by atoms with Crippen LogP contribution in [0.3, 0.4) is 0 Å². The number of hydrogen-bond donors (Lipinski definition) is 2. The van der Waals surface area contributed by atoms with E-state index in [2.05, 4.69) is 57.9 Å². The molecule has 146 valence electrons. The van der Waals surface area contributed by atoms with Crippen LogP contribution in [0.4, 0.5) is 0 Å². The number of benzene rings is 1. The zero-order chi connectivity index (χ0) is 18.2. The minimum atomic E-state index is 0. The van der Waals surface area contributed by atoms with E-state index in [-0.39, 0.29) is 29.4 Å². The van der Waals surface area contributed by atoms with Crippen LogP contribution in [0.1, 0.15) is 42.5 Å². The third-order valence-corrected chi connectivity index (χ3v) is 5.41. The highest BCUT2D eigenvalue weighted by Gasteiger charge is 2.35. The van der Waals surface area contributed by atoms with Crippen molar-refractivity contribution in [1.82, 2.24) is 15.6 Å². The van der Waals surface area contributed by atoms with E-state index in [0.29, 0.717) is 0 Å². The molecule has 1 saturated carbocycles. The molecule has 0 atom stereocenters. The summed E-state index contributed by atoms with van der Waals surface area (Å²) < 4.78 is 0. The molecule has 0 unspecified atom stereocenters. The van der Waals surface area contributed by atoms with Crippen LogP contribution in [0.5, 0.6) is 0 Å². The molecule has 2 aromatic rings. The lowest BCUT2D eigenvalue weighted by molar-refractivity contribution is 0.431. The summed E-state index contributed by atoms with van der Waals surface area (Å²) in [5.41, 5.74) is 4.13. The van der Waals surface area contributed by atoms with Gasteiger partial charge in [-0.1, -0.05) is 48.7 Å². The van der Waals surface area contributed by atoms with E-state index >= 15 is 0 Å². The summed E-state index contributed by atoms with van der Waals surface area (Å²) in [5.74, 6) is 0.875. The van der Waals surface area contributed by atoms with Crippen LogP contribution in [0.15, 0.2) is 53.7 Å². The first-order valence-corrected chi connectivity index (χ1v) is 9.63. The van der Waals surface area contributed by atoms with E-state index in [0.717, 1.165) is 31.2 Å². The highest BCUT2D eigenvalue weighted by Crippen LogP contribution is 2.40. The van der Waals surface area contributed by atoms with E-state index in [1.54, 1.807) is 0 Å². The van der Waals surface area contributed by atoms with Crippen molar-refractivity contribution in [3.8, 4) is 0 Å². The lowest BCUT2D eigenvalue weighted by Crippen LogP contribution is -2.45. The van der Waals surface area contributed by atoms with Crippen molar-refractivity contribution in [2.75, 3.05) is 20.1 Å². The van der Waals surface area contributed by atoms with Crippen molar-refractivity contribution in [1.29, 1.82) is 0 Å². The maximum absolute atomic E-state index is 4.40. The zero-order valence-electron chi connectivity index (χ0n) is 16.4. The molecule has 5 heteroatoms. The minimum absolute atomic E-state index is 0. The van der Waals surface area contributed by atoms with Crippen molar-refractivity contribution in [3.05, 3.63) is 65.5 Å². The van der Waals surface area contributed by atoms with Gasteiger partial charge in [0.2, 0.25) is 0 Å². The molecule has 3 rings (SSSR count). The van der Waals surface area contributed by atoms with E-state index in [1.165, 1.54) is 36.8 Å². The molecule has 1 aromatic carbocycles. The Labute approximate surface area is 180 Å². The first-order valence-electron chi connectivity index (χ1n) is 9.63. The fourth-order valence-electron chi connectivity index (χ4n) is 3.92. The summed E-state index contributed by atoms with van der Waals surface area (Å²) >= 11 is 0. The normalized spacial score (nSPS) is 15.9. The first kappa shape index (κ1) is 21.7. The van der Waals surface area contributed by atoms with Gasteiger partial charge >= 0.3 is 0 Å². The number of rotatable bonds is 6. The Morgan fingerprint density at radius 3 is 2.59 bits per heavy atom. The van der Waals surface area contributed by atoms with Crippen molar-refractivity contribution >= 4 is 29.9 Å². The van der Waals surface area contributed by atoms with Gasteiger partial charge in [0, 0.05) is 43.9 Å². The Bertz CT molecular complexity index is 724. The minimum Gasteiger partial charge on any atom is -0.356 e. The van der Waals surface area contributed by atoms with Crippen LogP contribution in [-0.4, -0.2) is 31.1 Å². The molecular weight excluding hydrogens is 447 g/mol. The number of guanidine groups is 1. The second kappa shape index (κ2) is 10.6. The fraction of sp³-hybridized carbons (Fsp3) is 0.455. The predicted octanol–water partition coefficient (Wildman–Crippen LogP) is 4.23. The molecule has 0 radical (unpaired) electrons. The monoisotopic (exact) mass is 478 g/mol. The lowest BCUT2D eigenvalue weighted by atomic mass is 9.78. The lowest BCUT2D eigenvalue weighted by Gasteiger charge is -2.31. The molecule has 27 heavy (non-hydrogen) atoms. The van der Waals surface area contributed by atoms with Crippen LogP contribution >= 0.6 is 24.0 Å². The van der Waals surface area contributed by atoms with Gasteiger partial charge in [0.05, 0.1) is 0 Å². The summed E-state index contributed by atoms with van der Waals surface area (Å²) in [7, 11) is 1.84. The van der Waals surface area contributed by atoms with Crippen molar-refractivity contribution in [2.45, 2.75) is 44.4 Å². The van der Waals surface area contributed by atoms with Crippen LogP contribution in [0, 0.1) is 6.92 Å². The van der Waals surface area contributed by atoms with Gasteiger partial charge in [0.15, 0.2) is 5.96 Å². The fourth-order valence-corrected chi connectivity index (χ4v) is 3.92. The molecular formula is C22H31IN4. The van der Waals surface area contributed by atoms with Gasteiger partial charge in [-0.3, -0.25) is 9.98 Å². The van der Waals surface area contributed by atoms with E-state index < -0.39 is 0 Å². The average molecular weight is 478 g/mol. The van der Waals surface area contributed by atoms with Crippen LogP contribution in [-0.2, 0) is 11.8 Å². The molecule has 2 N–H and O–H groups in total. The number of aliphatic imine (C=N–C) groups is 1. The first-order chi connectivity index (χ1) is 12.7. The maximum Gasteiger partial charge on any atom is 0.191 e. The van der Waals surface area contributed by atoms with Gasteiger partial charge < -0.3 is 10.6 Å². The second-order valence-corrected chi connectivity index (χ2v) is 7.28. The van der Waals surface area contributed by atoms with Crippen molar-refractivity contribution in [3.63, 3.8) is 0 Å². The number of nitrogens with one attached hydrogen (secondary N) is 2. The molecule has 1 aliphatic carbocycles. The molecule has 0 spiro atoms. The highest BCUT2D eigenvalue weighted by atomic mass is 127. The number of nitrogens with zero attached hydrogens (tertiary/aromatic N) is 2. The van der Waals surface area contributed by atoms with Crippen LogP contribution in [0.2, 0.25) is 0 Å². The molecule has 4 nitrogen and oxygen atoms in total. The summed E-state index contributed by atoms with van der Waals surface area (Å²) in [4.78, 5) is 8.77. The molecule has 0 saturated heterocycles. The maximum atomic E-state index is 4.40. The van der Waals surface area contributed by atoms with E-state index in [4.69, 9.17) is 0 Å². The van der Waals surface area contributed by atoms with Gasteiger partial charge in [0.25, 0.3) is 0 Å². The number of aromatic nitrogens is 1. The van der Waals surface area contributed by atoms with Gasteiger partial charge in [-0.2, -0.15) is 0 Å². The Hall–Kier alpha value is -1.63. The quantitative estimate of drug-likeness (QED) is 0.371. The molecule has 0 amide bonds. The van der Waals surface area contributed by atoms with Gasteiger partial charge in [-0.15, -0.1) is 24.0 Å². The Kier molecular flexibility index (Phi) is 8.54. The van der Waals surface area contributed by atoms with E-state index in [1.807, 2.05) is 25.4 Å². The second-order valence-electron chi connectivity index (χ2n) is 7.28. The summed E-state index contributed by atoms with van der Waals surface area (Å²) in [6, 6.07) is 15.0. The van der Waals surface area contributed by atoms with Crippen LogP contribution in [0.25, 0.3) is 0 Å². The summed E-state index contributed by atoms with van der Waals surface area (Å²) in [6.07, 6.45) is 7.84. The predicted molar refractivity (Wildman–Crippen MR) is 124 cm³/mol. The molecule has 1 aromatic heterocycles. The Morgan fingerprint density at radius 1 is 1.11 bits per heavy atom. The zero-order valence-corrected chi connectivity index (χ0v) is 18.7. The molecule has 0 bridgehead atoms. The molecule has 1 fully saturated rings. The third kappa shape index (κ3) is 5.92. The number of halogens is 1. The average Bonchev–Trinajstić information content (AvgIpc) is 3.15. The Balaban J connectivity index is 0.00000261. The highest BCUT2D eigenvalue weighted by molar-refractivity contribution is 14.0. The molecule has 0 aliphatic heterocycles.